The summed E-state index contributed by atoms with van der Waals surface area (Å²) >= 11 is 0. The largest absolute Gasteiger partial charge is 0.508 e. The van der Waals surface area contributed by atoms with Gasteiger partial charge < -0.3 is 30.6 Å². The van der Waals surface area contributed by atoms with E-state index in [9.17, 15) is 34.8 Å². The van der Waals surface area contributed by atoms with Crippen LogP contribution in [-0.4, -0.2) is 86.5 Å². The highest BCUT2D eigenvalue weighted by Gasteiger charge is 2.64. The number of ketones is 2. The quantitative estimate of drug-likeness (QED) is 0.326. The molecule has 0 radical (unpaired) electrons. The van der Waals surface area contributed by atoms with Gasteiger partial charge in [0, 0.05) is 23.1 Å². The number of hydrogen-bond acceptors (Lipinski definition) is 10. The third-order valence-corrected chi connectivity index (χ3v) is 8.82. The van der Waals surface area contributed by atoms with Gasteiger partial charge in [-0.3, -0.25) is 24.2 Å². The maximum absolute atomic E-state index is 14.0. The molecule has 0 saturated heterocycles. The zero-order valence-corrected chi connectivity index (χ0v) is 23.6. The normalized spacial score (nSPS) is 26.1. The van der Waals surface area contributed by atoms with Crippen molar-refractivity contribution in [2.45, 2.75) is 50.9 Å². The summed E-state index contributed by atoms with van der Waals surface area (Å²) in [5.74, 6) is -5.57. The highest BCUT2D eigenvalue weighted by Crippen LogP contribution is 2.53. The first-order valence-corrected chi connectivity index (χ1v) is 13.5. The van der Waals surface area contributed by atoms with Crippen molar-refractivity contribution >= 4 is 23.2 Å². The maximum atomic E-state index is 14.0. The average molecular weight is 566 g/mol. The van der Waals surface area contributed by atoms with E-state index in [4.69, 9.17) is 10.2 Å². The molecular formula is C30H35N3O8. The first-order chi connectivity index (χ1) is 19.2. The number of phenolic OH excluding ortho intramolecular Hbond substituents is 1. The second-order valence-electron chi connectivity index (χ2n) is 11.7. The maximum Gasteiger partial charge on any atom is 0.255 e. The Morgan fingerprint density at radius 1 is 1.12 bits per heavy atom. The van der Waals surface area contributed by atoms with Crippen molar-refractivity contribution in [3.63, 3.8) is 0 Å². The number of aliphatic hydroxyl groups is 3. The Bertz CT molecular complexity index is 1530. The van der Waals surface area contributed by atoms with Crippen molar-refractivity contribution in [2.75, 3.05) is 21.1 Å². The van der Waals surface area contributed by atoms with Crippen LogP contribution < -0.4 is 5.73 Å². The Hall–Kier alpha value is -3.93. The number of aliphatic hydroxyl groups excluding tert-OH is 2. The highest BCUT2D eigenvalue weighted by molar-refractivity contribution is 6.24. The van der Waals surface area contributed by atoms with Crippen LogP contribution >= 0.6 is 0 Å². The molecule has 6 N–H and O–H groups in total. The summed E-state index contributed by atoms with van der Waals surface area (Å²) in [5.41, 5.74) is 2.86. The van der Waals surface area contributed by atoms with Crippen LogP contribution in [0.1, 0.15) is 37.2 Å². The molecule has 1 aromatic heterocycles. The minimum absolute atomic E-state index is 0.0173. The monoisotopic (exact) mass is 565 g/mol. The van der Waals surface area contributed by atoms with E-state index in [-0.39, 0.29) is 29.7 Å². The van der Waals surface area contributed by atoms with Gasteiger partial charge in [0.15, 0.2) is 11.4 Å². The molecule has 1 fully saturated rings. The number of benzene rings is 1. The number of Topliss-reactive ketones (excluding diaryl/α,β-unsaturated/α-hetero) is 2. The van der Waals surface area contributed by atoms with Crippen LogP contribution in [0.3, 0.4) is 0 Å². The van der Waals surface area contributed by atoms with Gasteiger partial charge in [-0.2, -0.15) is 0 Å². The molecule has 1 heterocycles. The van der Waals surface area contributed by atoms with E-state index in [0.717, 1.165) is 5.76 Å². The van der Waals surface area contributed by atoms with Gasteiger partial charge in [0.1, 0.15) is 34.4 Å². The Kier molecular flexibility index (Phi) is 6.88. The van der Waals surface area contributed by atoms with E-state index in [1.807, 2.05) is 19.2 Å². The molecule has 0 spiro atoms. The van der Waals surface area contributed by atoms with Crippen LogP contribution in [0.4, 0.5) is 0 Å². The van der Waals surface area contributed by atoms with Crippen LogP contribution in [0.25, 0.3) is 17.1 Å². The van der Waals surface area contributed by atoms with Gasteiger partial charge in [0.25, 0.3) is 5.91 Å². The zero-order chi connectivity index (χ0) is 30.1. The van der Waals surface area contributed by atoms with E-state index in [1.165, 1.54) is 11.0 Å². The van der Waals surface area contributed by atoms with E-state index >= 15 is 0 Å². The first-order valence-electron chi connectivity index (χ1n) is 13.5. The number of fused-ring (bicyclic) bond motifs is 3. The van der Waals surface area contributed by atoms with E-state index in [1.54, 1.807) is 20.2 Å². The van der Waals surface area contributed by atoms with Gasteiger partial charge in [-0.1, -0.05) is 0 Å². The summed E-state index contributed by atoms with van der Waals surface area (Å²) in [5, 5.41) is 44.9. The fourth-order valence-corrected chi connectivity index (χ4v) is 6.51. The van der Waals surface area contributed by atoms with Crippen molar-refractivity contribution in [3.8, 4) is 17.1 Å². The number of nitrogens with zero attached hydrogens (tertiary/aromatic N) is 2. The fourth-order valence-electron chi connectivity index (χ4n) is 6.51. The number of rotatable bonds is 6. The van der Waals surface area contributed by atoms with Crippen LogP contribution in [0.15, 0.2) is 45.6 Å². The predicted molar refractivity (Wildman–Crippen MR) is 149 cm³/mol. The van der Waals surface area contributed by atoms with Gasteiger partial charge in [-0.05, 0) is 83.6 Å². The topological polar surface area (TPSA) is 178 Å². The number of amides is 1. The molecule has 41 heavy (non-hydrogen) atoms. The summed E-state index contributed by atoms with van der Waals surface area (Å²) in [7, 11) is 5.11. The number of hydrogen-bond donors (Lipinski definition) is 5. The first kappa shape index (κ1) is 28.6. The predicted octanol–water partition coefficient (Wildman–Crippen LogP) is 2.06. The molecule has 11 nitrogen and oxygen atoms in total. The van der Waals surface area contributed by atoms with Crippen molar-refractivity contribution in [3.05, 3.63) is 58.1 Å². The summed E-state index contributed by atoms with van der Waals surface area (Å²) in [6.07, 6.45) is 0.198. The van der Waals surface area contributed by atoms with Gasteiger partial charge in [0.2, 0.25) is 5.78 Å². The lowest BCUT2D eigenvalue weighted by Gasteiger charge is -2.50. The number of carbonyl (C=O) groups excluding carboxylic acids is 3. The number of phenols is 1. The lowest BCUT2D eigenvalue weighted by molar-refractivity contribution is -0.153. The van der Waals surface area contributed by atoms with Crippen LogP contribution in [0.5, 0.6) is 5.75 Å². The van der Waals surface area contributed by atoms with Crippen molar-refractivity contribution < 1.29 is 39.2 Å². The number of furan rings is 1. The second kappa shape index (κ2) is 9.86. The summed E-state index contributed by atoms with van der Waals surface area (Å²) in [4.78, 5) is 42.9. The number of aromatic hydroxyl groups is 1. The molecule has 1 saturated carbocycles. The Balaban J connectivity index is 1.65. The molecule has 218 valence electrons. The minimum atomic E-state index is -2.67. The van der Waals surface area contributed by atoms with Gasteiger partial charge in [-0.25, -0.2) is 0 Å². The van der Waals surface area contributed by atoms with Crippen molar-refractivity contribution in [1.29, 1.82) is 0 Å². The van der Waals surface area contributed by atoms with Crippen molar-refractivity contribution in [1.82, 2.24) is 9.80 Å². The summed E-state index contributed by atoms with van der Waals surface area (Å²) in [6, 6.07) is 5.92. The molecule has 0 aliphatic heterocycles. The molecule has 3 aliphatic carbocycles. The van der Waals surface area contributed by atoms with Crippen LogP contribution in [0.2, 0.25) is 0 Å². The lowest BCUT2D eigenvalue weighted by atomic mass is 9.57. The SMILES string of the molecule is CC(C)N(C)Cc1ccc(-c2ccc(O)c3c2C[C@H]2C[C@H]4[C@H](N(C)C)C(=O)C(C(N)=O)=C(O)[C@@]4(O)C(=O)C2=C3O)o1. The standard InChI is InChI=1S/C30H35N3O8/c1-13(2)33(5)12-15-6-9-20(41-15)16-7-8-19(34)22-17(16)10-14-11-18-24(32(3)4)26(36)23(29(31)39)28(38)30(18,40)27(37)21(14)25(22)35/h6-9,13-14,18,24,34-35,38,40H,10-12H2,1-5H3,(H2,31,39)/t14-,18-,24-,30-/m0/s1. The van der Waals surface area contributed by atoms with Gasteiger partial charge >= 0.3 is 0 Å². The summed E-state index contributed by atoms with van der Waals surface area (Å²) < 4.78 is 6.14. The van der Waals surface area contributed by atoms with Gasteiger partial charge in [0.05, 0.1) is 18.2 Å². The van der Waals surface area contributed by atoms with Crippen molar-refractivity contribution in [2.24, 2.45) is 17.6 Å². The summed E-state index contributed by atoms with van der Waals surface area (Å²) in [6.45, 7) is 4.73. The Morgan fingerprint density at radius 2 is 1.80 bits per heavy atom. The van der Waals surface area contributed by atoms with Crippen LogP contribution in [-0.2, 0) is 27.3 Å². The molecular weight excluding hydrogens is 530 g/mol. The van der Waals surface area contributed by atoms with Gasteiger partial charge in [-0.15, -0.1) is 0 Å². The number of primary amides is 1. The van der Waals surface area contributed by atoms with Crippen LogP contribution in [0, 0.1) is 11.8 Å². The number of nitrogens with two attached hydrogens (primary N) is 1. The molecule has 4 atom stereocenters. The third-order valence-electron chi connectivity index (χ3n) is 8.82. The molecule has 2 aromatic rings. The smallest absolute Gasteiger partial charge is 0.255 e. The Labute approximate surface area is 237 Å². The molecule has 0 unspecified atom stereocenters. The Morgan fingerprint density at radius 3 is 2.41 bits per heavy atom. The highest BCUT2D eigenvalue weighted by atomic mass is 16.4. The van der Waals surface area contributed by atoms with E-state index in [2.05, 4.69) is 18.7 Å². The number of carbonyl (C=O) groups is 3. The lowest BCUT2D eigenvalue weighted by Crippen LogP contribution is -2.65. The molecule has 3 aliphatic rings. The number of likely N-dealkylation sites (N-methyl/N-ethyl adjacent to an activating group) is 1. The molecule has 11 heteroatoms. The average Bonchev–Trinajstić information content (AvgIpc) is 3.34. The third kappa shape index (κ3) is 4.18. The second-order valence-corrected chi connectivity index (χ2v) is 11.7. The molecule has 0 bridgehead atoms. The molecule has 5 rings (SSSR count). The molecule has 1 amide bonds. The van der Waals surface area contributed by atoms with E-state index < -0.39 is 58.0 Å². The van der Waals surface area contributed by atoms with E-state index in [0.29, 0.717) is 29.5 Å². The fraction of sp³-hybridized carbons (Fsp3) is 0.433. The minimum Gasteiger partial charge on any atom is -0.508 e. The zero-order valence-electron chi connectivity index (χ0n) is 23.6. The molecule has 1 aromatic carbocycles.